The van der Waals surface area contributed by atoms with Crippen LogP contribution in [0.5, 0.6) is 0 Å². The molecular formula is C15H22N2O4S. The summed E-state index contributed by atoms with van der Waals surface area (Å²) in [6.07, 6.45) is 1.11. The van der Waals surface area contributed by atoms with Gasteiger partial charge in [0.25, 0.3) is 5.91 Å². The Labute approximate surface area is 131 Å². The summed E-state index contributed by atoms with van der Waals surface area (Å²) in [5.41, 5.74) is -0.537. The molecule has 1 atom stereocenters. The summed E-state index contributed by atoms with van der Waals surface area (Å²) < 4.78 is 23.1. The van der Waals surface area contributed by atoms with E-state index in [4.69, 9.17) is 0 Å². The van der Waals surface area contributed by atoms with Crippen molar-refractivity contribution in [2.45, 2.75) is 19.9 Å². The molecule has 2 N–H and O–H groups in total. The zero-order valence-corrected chi connectivity index (χ0v) is 14.0. The summed E-state index contributed by atoms with van der Waals surface area (Å²) in [6, 6.07) is 7.50. The van der Waals surface area contributed by atoms with Crippen molar-refractivity contribution < 1.29 is 18.0 Å². The summed E-state index contributed by atoms with van der Waals surface area (Å²) in [5.74, 6) is -1.07. The summed E-state index contributed by atoms with van der Waals surface area (Å²) in [4.78, 5) is 24.3. The predicted octanol–water partition coefficient (Wildman–Crippen LogP) is 0.602. The van der Waals surface area contributed by atoms with Crippen molar-refractivity contribution in [2.75, 3.05) is 19.1 Å². The first-order chi connectivity index (χ1) is 10.1. The van der Waals surface area contributed by atoms with E-state index in [0.29, 0.717) is 5.56 Å². The van der Waals surface area contributed by atoms with Gasteiger partial charge in [0, 0.05) is 24.3 Å². The minimum Gasteiger partial charge on any atom is -0.357 e. The van der Waals surface area contributed by atoms with E-state index in [1.165, 1.54) is 7.05 Å². The average molecular weight is 326 g/mol. The minimum absolute atomic E-state index is 0.215. The molecule has 1 rings (SSSR count). The lowest BCUT2D eigenvalue weighted by molar-refractivity contribution is -0.124. The maximum absolute atomic E-state index is 12.2. The standard InChI is InChI=1S/C15H22N2O4S/c1-15(2,10-22(4,20)21)12(14(19)16-3)17-13(18)11-8-6-5-7-9-11/h5-9,12H,10H2,1-4H3,(H,16,19)(H,17,18)/t12-/m1/s1. The number of amides is 2. The number of carbonyl (C=O) groups excluding carboxylic acids is 2. The first-order valence-corrected chi connectivity index (χ1v) is 8.88. The highest BCUT2D eigenvalue weighted by atomic mass is 32.2. The highest BCUT2D eigenvalue weighted by Crippen LogP contribution is 2.23. The zero-order valence-electron chi connectivity index (χ0n) is 13.2. The number of rotatable bonds is 6. The van der Waals surface area contributed by atoms with Crippen molar-refractivity contribution >= 4 is 21.7 Å². The van der Waals surface area contributed by atoms with E-state index >= 15 is 0 Å². The minimum atomic E-state index is -3.30. The zero-order chi connectivity index (χ0) is 17.0. The molecule has 0 aliphatic carbocycles. The monoisotopic (exact) mass is 326 g/mol. The van der Waals surface area contributed by atoms with Crippen LogP contribution in [0.15, 0.2) is 30.3 Å². The number of likely N-dealkylation sites (N-methyl/N-ethyl adjacent to an activating group) is 1. The Morgan fingerprint density at radius 2 is 1.73 bits per heavy atom. The van der Waals surface area contributed by atoms with Gasteiger partial charge in [-0.3, -0.25) is 9.59 Å². The molecule has 6 nitrogen and oxygen atoms in total. The molecule has 0 bridgehead atoms. The van der Waals surface area contributed by atoms with Crippen LogP contribution in [-0.4, -0.2) is 45.3 Å². The van der Waals surface area contributed by atoms with E-state index in [0.717, 1.165) is 6.26 Å². The number of nitrogens with one attached hydrogen (secondary N) is 2. The van der Waals surface area contributed by atoms with Gasteiger partial charge in [-0.05, 0) is 12.1 Å². The maximum Gasteiger partial charge on any atom is 0.251 e. The average Bonchev–Trinajstić information content (AvgIpc) is 2.41. The Morgan fingerprint density at radius 1 is 1.18 bits per heavy atom. The number of hydrogen-bond donors (Lipinski definition) is 2. The molecule has 0 unspecified atom stereocenters. The van der Waals surface area contributed by atoms with Gasteiger partial charge >= 0.3 is 0 Å². The molecule has 1 aromatic rings. The van der Waals surface area contributed by atoms with Gasteiger partial charge in [-0.1, -0.05) is 32.0 Å². The van der Waals surface area contributed by atoms with Crippen LogP contribution < -0.4 is 10.6 Å². The molecule has 0 aliphatic rings. The third-order valence-corrected chi connectivity index (χ3v) is 4.50. The van der Waals surface area contributed by atoms with Crippen molar-refractivity contribution in [1.82, 2.24) is 10.6 Å². The quantitative estimate of drug-likeness (QED) is 0.801. The molecular weight excluding hydrogens is 304 g/mol. The van der Waals surface area contributed by atoms with Gasteiger partial charge in [-0.2, -0.15) is 0 Å². The molecule has 0 radical (unpaired) electrons. The third-order valence-electron chi connectivity index (χ3n) is 3.24. The largest absolute Gasteiger partial charge is 0.357 e. The van der Waals surface area contributed by atoms with Gasteiger partial charge in [0.05, 0.1) is 5.75 Å². The van der Waals surface area contributed by atoms with Crippen molar-refractivity contribution in [2.24, 2.45) is 5.41 Å². The molecule has 1 aromatic carbocycles. The van der Waals surface area contributed by atoms with E-state index in [2.05, 4.69) is 10.6 Å². The topological polar surface area (TPSA) is 92.3 Å². The van der Waals surface area contributed by atoms with Crippen LogP contribution in [0.4, 0.5) is 0 Å². The second-order valence-corrected chi connectivity index (χ2v) is 8.09. The summed E-state index contributed by atoms with van der Waals surface area (Å²) in [5, 5.41) is 5.10. The molecule has 22 heavy (non-hydrogen) atoms. The van der Waals surface area contributed by atoms with Crippen LogP contribution in [0.2, 0.25) is 0 Å². The van der Waals surface area contributed by atoms with Crippen LogP contribution in [0.1, 0.15) is 24.2 Å². The lowest BCUT2D eigenvalue weighted by Crippen LogP contribution is -2.55. The second kappa shape index (κ2) is 6.91. The van der Waals surface area contributed by atoms with Crippen LogP contribution in [-0.2, 0) is 14.6 Å². The Balaban J connectivity index is 3.04. The Morgan fingerprint density at radius 3 is 2.18 bits per heavy atom. The molecule has 0 saturated carbocycles. The molecule has 122 valence electrons. The van der Waals surface area contributed by atoms with Crippen LogP contribution in [0, 0.1) is 5.41 Å². The van der Waals surface area contributed by atoms with Gasteiger partial charge in [-0.15, -0.1) is 0 Å². The first kappa shape index (κ1) is 18.2. The smallest absolute Gasteiger partial charge is 0.251 e. The van der Waals surface area contributed by atoms with Crippen molar-refractivity contribution in [3.8, 4) is 0 Å². The number of carbonyl (C=O) groups is 2. The van der Waals surface area contributed by atoms with E-state index in [9.17, 15) is 18.0 Å². The molecule has 2 amide bonds. The van der Waals surface area contributed by atoms with Crippen LogP contribution in [0.25, 0.3) is 0 Å². The normalized spacial score (nSPS) is 13.3. The second-order valence-electron chi connectivity index (χ2n) is 5.95. The fourth-order valence-electron chi connectivity index (χ4n) is 2.32. The van der Waals surface area contributed by atoms with Gasteiger partial charge in [-0.25, -0.2) is 8.42 Å². The molecule has 0 heterocycles. The number of hydrogen-bond acceptors (Lipinski definition) is 4. The molecule has 0 saturated heterocycles. The molecule has 0 aromatic heterocycles. The van der Waals surface area contributed by atoms with E-state index in [1.807, 2.05) is 0 Å². The molecule has 0 spiro atoms. The van der Waals surface area contributed by atoms with Crippen LogP contribution >= 0.6 is 0 Å². The van der Waals surface area contributed by atoms with Crippen molar-refractivity contribution in [3.63, 3.8) is 0 Å². The first-order valence-electron chi connectivity index (χ1n) is 6.82. The Bertz CT molecular complexity index is 639. The predicted molar refractivity (Wildman–Crippen MR) is 85.3 cm³/mol. The van der Waals surface area contributed by atoms with Gasteiger partial charge in [0.2, 0.25) is 5.91 Å². The van der Waals surface area contributed by atoms with Gasteiger partial charge in [0.15, 0.2) is 0 Å². The Kier molecular flexibility index (Phi) is 5.71. The summed E-state index contributed by atoms with van der Waals surface area (Å²) in [7, 11) is -1.86. The van der Waals surface area contributed by atoms with Crippen molar-refractivity contribution in [1.29, 1.82) is 0 Å². The number of sulfone groups is 1. The van der Waals surface area contributed by atoms with Crippen molar-refractivity contribution in [3.05, 3.63) is 35.9 Å². The third kappa shape index (κ3) is 5.14. The summed E-state index contributed by atoms with van der Waals surface area (Å²) in [6.45, 7) is 3.28. The summed E-state index contributed by atoms with van der Waals surface area (Å²) >= 11 is 0. The van der Waals surface area contributed by atoms with E-state index in [1.54, 1.807) is 44.2 Å². The highest BCUT2D eigenvalue weighted by Gasteiger charge is 2.38. The number of benzene rings is 1. The maximum atomic E-state index is 12.2. The molecule has 7 heteroatoms. The van der Waals surface area contributed by atoms with E-state index < -0.39 is 33.1 Å². The SMILES string of the molecule is CNC(=O)[C@@H](NC(=O)c1ccccc1)C(C)(C)CS(C)(=O)=O. The van der Waals surface area contributed by atoms with E-state index in [-0.39, 0.29) is 5.75 Å². The lowest BCUT2D eigenvalue weighted by atomic mass is 9.85. The highest BCUT2D eigenvalue weighted by molar-refractivity contribution is 7.90. The van der Waals surface area contributed by atoms with Gasteiger partial charge < -0.3 is 10.6 Å². The molecule has 0 fully saturated rings. The fraction of sp³-hybridized carbons (Fsp3) is 0.467. The van der Waals surface area contributed by atoms with Gasteiger partial charge in [0.1, 0.15) is 15.9 Å². The van der Waals surface area contributed by atoms with Crippen LogP contribution in [0.3, 0.4) is 0 Å². The fourth-order valence-corrected chi connectivity index (χ4v) is 3.84. The Hall–Kier alpha value is -1.89. The molecule has 0 aliphatic heterocycles. The lowest BCUT2D eigenvalue weighted by Gasteiger charge is -2.32.